The van der Waals surface area contributed by atoms with Crippen LogP contribution >= 0.6 is 0 Å². The quantitative estimate of drug-likeness (QED) is 0.0336. The molecule has 66 heavy (non-hydrogen) atoms. The molecule has 11 heteroatoms. The van der Waals surface area contributed by atoms with Gasteiger partial charge >= 0.3 is 35.0 Å². The van der Waals surface area contributed by atoms with Gasteiger partial charge in [0.15, 0.2) is 5.78 Å². The van der Waals surface area contributed by atoms with Gasteiger partial charge < -0.3 is 29.7 Å². The van der Waals surface area contributed by atoms with Crippen LogP contribution in [-0.4, -0.2) is 60.8 Å². The summed E-state index contributed by atoms with van der Waals surface area (Å²) >= 11 is 0. The zero-order valence-electron chi connectivity index (χ0n) is 41.3. The predicted octanol–water partition coefficient (Wildman–Crippen LogP) is 9.87. The summed E-state index contributed by atoms with van der Waals surface area (Å²) in [6, 6.07) is 0. The third kappa shape index (κ3) is 11.6. The number of ether oxygens (including phenoxy) is 2. The minimum absolute atomic E-state index is 0. The number of ketones is 1. The summed E-state index contributed by atoms with van der Waals surface area (Å²) in [5.41, 5.74) is 8.86. The van der Waals surface area contributed by atoms with Crippen LogP contribution in [0.3, 0.4) is 0 Å². The second-order valence-corrected chi connectivity index (χ2v) is 19.3. The molecule has 5 atom stereocenters. The zero-order chi connectivity index (χ0) is 47.1. The van der Waals surface area contributed by atoms with Crippen molar-refractivity contribution in [2.75, 3.05) is 13.7 Å². The van der Waals surface area contributed by atoms with Crippen LogP contribution in [0.15, 0.2) is 29.6 Å². The minimum atomic E-state index is -1.27. The third-order valence-corrected chi connectivity index (χ3v) is 14.1. The summed E-state index contributed by atoms with van der Waals surface area (Å²) < 4.78 is 11.0. The number of carbonyl (C=O) groups is 4. The van der Waals surface area contributed by atoms with Gasteiger partial charge in [0.25, 0.3) is 0 Å². The first-order valence-corrected chi connectivity index (χ1v) is 24.0. The number of hydrogen-bond donors (Lipinski definition) is 0. The summed E-state index contributed by atoms with van der Waals surface area (Å²) in [5.74, 6) is -0.983. The first kappa shape index (κ1) is 52.4. The summed E-state index contributed by atoms with van der Waals surface area (Å²) in [7, 11) is 1.27. The van der Waals surface area contributed by atoms with E-state index in [2.05, 4.69) is 41.2 Å². The van der Waals surface area contributed by atoms with Gasteiger partial charge in [-0.3, -0.25) is 19.2 Å². The van der Waals surface area contributed by atoms with E-state index in [1.165, 1.54) is 57.6 Å². The molecule has 350 valence electrons. The van der Waals surface area contributed by atoms with Crippen LogP contribution in [0.5, 0.6) is 0 Å². The van der Waals surface area contributed by atoms with E-state index in [0.29, 0.717) is 85.9 Å². The molecule has 2 aliphatic heterocycles. The molecule has 0 N–H and O–H groups in total. The van der Waals surface area contributed by atoms with Gasteiger partial charge in [0.05, 0.1) is 7.11 Å². The SMILES string of the molecule is C=Cc1c2[n-]c(c1C)/C=C1/[N-]/C(=C3\c4[n-]c(c(C)c4C(=O)[C@@H]3C(=O)OC)/C=c3\[n-]/c(c(C=O)c3CC)=C\2)[C@@H](CCC(=O)OC/C=C(\C)CCC[C@H](C)CCC[C@H](C)CCCC(C)C)[C@@H]1C.[Mg+2]. The van der Waals surface area contributed by atoms with Crippen molar-refractivity contribution in [3.63, 3.8) is 0 Å². The average Bonchev–Trinajstić information content (AvgIpc) is 4.02. The number of hydrogen-bond acceptors (Lipinski definition) is 6. The molecule has 5 heterocycles. The Hall–Kier alpha value is -4.61. The number of esters is 2. The molecule has 3 aromatic heterocycles. The molecule has 10 nitrogen and oxygen atoms in total. The molecule has 1 aliphatic carbocycles. The predicted molar refractivity (Wildman–Crippen MR) is 265 cm³/mol. The molecule has 0 radical (unpaired) electrons. The van der Waals surface area contributed by atoms with Crippen molar-refractivity contribution >= 4 is 76.9 Å². The van der Waals surface area contributed by atoms with Crippen LogP contribution in [0.25, 0.3) is 35.2 Å². The second-order valence-electron chi connectivity index (χ2n) is 19.3. The van der Waals surface area contributed by atoms with E-state index < -0.39 is 17.7 Å². The molecule has 0 saturated carbocycles. The molecule has 1 fully saturated rings. The van der Waals surface area contributed by atoms with E-state index in [1.807, 2.05) is 45.9 Å². The summed E-state index contributed by atoms with van der Waals surface area (Å²) in [6.07, 6.45) is 22.3. The van der Waals surface area contributed by atoms with Gasteiger partial charge in [-0.15, -0.1) is 33.5 Å². The molecule has 0 aromatic carbocycles. The van der Waals surface area contributed by atoms with Gasteiger partial charge in [0, 0.05) is 17.5 Å². The Morgan fingerprint density at radius 2 is 1.50 bits per heavy atom. The summed E-state index contributed by atoms with van der Waals surface area (Å²) in [5, 5.41) is 6.26. The Morgan fingerprint density at radius 1 is 0.848 bits per heavy atom. The number of Topliss-reactive ketones (excluding diaryl/α,β-unsaturated/α-hetero) is 1. The van der Waals surface area contributed by atoms with E-state index in [4.69, 9.17) is 29.7 Å². The largest absolute Gasteiger partial charge is 2.00 e. The maximum Gasteiger partial charge on any atom is 2.00 e. The van der Waals surface area contributed by atoms with Gasteiger partial charge in [-0.1, -0.05) is 145 Å². The number of rotatable bonds is 21. The molecule has 3 aromatic rings. The molecule has 3 aliphatic rings. The first-order valence-electron chi connectivity index (χ1n) is 24.0. The van der Waals surface area contributed by atoms with E-state index in [0.717, 1.165) is 47.7 Å². The molecule has 0 amide bonds. The molecule has 1 saturated heterocycles. The molecule has 0 unspecified atom stereocenters. The van der Waals surface area contributed by atoms with Crippen LogP contribution < -0.4 is 25.7 Å². The van der Waals surface area contributed by atoms with Gasteiger partial charge in [-0.25, -0.2) is 0 Å². The summed E-state index contributed by atoms with van der Waals surface area (Å²) in [6.45, 7) is 23.5. The van der Waals surface area contributed by atoms with Gasteiger partial charge in [-0.2, -0.15) is 11.4 Å². The van der Waals surface area contributed by atoms with Crippen LogP contribution in [0, 0.1) is 49.4 Å². The van der Waals surface area contributed by atoms with Crippen LogP contribution in [0.4, 0.5) is 0 Å². The Morgan fingerprint density at radius 3 is 2.14 bits per heavy atom. The topological polar surface area (TPSA) is 143 Å². The number of fused-ring (bicyclic) bond motifs is 7. The van der Waals surface area contributed by atoms with E-state index >= 15 is 0 Å². The fraction of sp³-hybridized carbons (Fsp3) is 0.527. The summed E-state index contributed by atoms with van der Waals surface area (Å²) in [4.78, 5) is 68.9. The fourth-order valence-electron chi connectivity index (χ4n) is 10.0. The maximum atomic E-state index is 14.4. The average molecular weight is 907 g/mol. The third-order valence-electron chi connectivity index (χ3n) is 14.1. The Kier molecular flexibility index (Phi) is 18.6. The number of nitrogens with zero attached hydrogens (tertiary/aromatic N) is 4. The molecular formula is C55H70MgN4O6-2. The number of aldehydes is 1. The van der Waals surface area contributed by atoms with Crippen LogP contribution in [0.1, 0.15) is 185 Å². The normalized spacial score (nSPS) is 21.4. The van der Waals surface area contributed by atoms with E-state index in [9.17, 15) is 19.2 Å². The monoisotopic (exact) mass is 907 g/mol. The van der Waals surface area contributed by atoms with Gasteiger partial charge in [0.1, 0.15) is 18.8 Å². The smallest absolute Gasteiger partial charge is 0.664 e. The number of aromatic nitrogens is 3. The Labute approximate surface area is 408 Å². The van der Waals surface area contributed by atoms with Crippen molar-refractivity contribution in [3.8, 4) is 0 Å². The number of carbonyl (C=O) groups excluding carboxylic acids is 4. The molecule has 8 bridgehead atoms. The second kappa shape index (κ2) is 23.4. The Balaban J connectivity index is 0.00000817. The Bertz CT molecular complexity index is 2510. The van der Waals surface area contributed by atoms with E-state index in [-0.39, 0.29) is 53.9 Å². The van der Waals surface area contributed by atoms with Crippen LogP contribution in [-0.2, 0) is 25.5 Å². The number of allylic oxidation sites excluding steroid dienone is 3. The van der Waals surface area contributed by atoms with Gasteiger partial charge in [0.2, 0.25) is 0 Å². The van der Waals surface area contributed by atoms with E-state index in [1.54, 1.807) is 12.2 Å². The van der Waals surface area contributed by atoms with Crippen molar-refractivity contribution < 1.29 is 28.7 Å². The fourth-order valence-corrected chi connectivity index (χ4v) is 10.0. The first-order chi connectivity index (χ1) is 31.1. The van der Waals surface area contributed by atoms with Crippen molar-refractivity contribution in [2.24, 2.45) is 35.5 Å². The van der Waals surface area contributed by atoms with Crippen molar-refractivity contribution in [1.82, 2.24) is 15.0 Å². The van der Waals surface area contributed by atoms with Crippen molar-refractivity contribution in [1.29, 1.82) is 0 Å². The maximum absolute atomic E-state index is 14.4. The molecule has 6 rings (SSSR count). The minimum Gasteiger partial charge on any atom is -0.664 e. The molecule has 0 spiro atoms. The number of methoxy groups -OCH3 is 1. The zero-order valence-corrected chi connectivity index (χ0v) is 42.7. The van der Waals surface area contributed by atoms with Crippen molar-refractivity contribution in [2.45, 2.75) is 139 Å². The molecular weight excluding hydrogens is 837 g/mol. The van der Waals surface area contributed by atoms with Crippen molar-refractivity contribution in [3.05, 3.63) is 102 Å². The van der Waals surface area contributed by atoms with Crippen LogP contribution in [0.2, 0.25) is 0 Å². The van der Waals surface area contributed by atoms with Gasteiger partial charge in [-0.05, 0) is 87.7 Å². The standard InChI is InChI=1S/C55H71N4O6.Mg/c1-12-38-35(8)42-27-43-36(9)40(23-24-48(61)65-26-25-34(7)22-16-21-33(6)20-15-19-32(5)18-14-17-31(3)4)52(58-43)50-51(55(63)64-11)54(62)49-37(10)44(59-53(49)50)28-46-39(13-2)41(30-60)47(57-46)29-45(38)56-42;/h12,25,27-33,36,40,51H,1,13-24,26H2,2-11H3,(H-,58,59,60,62);/q-3;+2/p-1/b34-25+,43-27+,47-29-;/t32-,33-,36+,40+,51-;/m1./s1.